The molecule has 0 saturated carbocycles. The molecule has 15 heavy (non-hydrogen) atoms. The molecule has 0 heterocycles. The fourth-order valence-electron chi connectivity index (χ4n) is 1.49. The molecule has 1 rings (SSSR count). The van der Waals surface area contributed by atoms with E-state index in [0.717, 1.165) is 17.0 Å². The Morgan fingerprint density at radius 1 is 1.53 bits per heavy atom. The van der Waals surface area contributed by atoms with Gasteiger partial charge in [0.1, 0.15) is 0 Å². The Kier molecular flexibility index (Phi) is 5.05. The molecule has 3 N–H and O–H groups in total. The van der Waals surface area contributed by atoms with E-state index < -0.39 is 0 Å². The number of halogens is 1. The highest BCUT2D eigenvalue weighted by atomic mass is 35.5. The summed E-state index contributed by atoms with van der Waals surface area (Å²) in [5.41, 5.74) is 5.02. The molecule has 0 aromatic heterocycles. The predicted octanol–water partition coefficient (Wildman–Crippen LogP) is 1.67. The minimum atomic E-state index is 0.135. The zero-order chi connectivity index (χ0) is 11.3. The van der Waals surface area contributed by atoms with Crippen LogP contribution in [0.2, 0.25) is 5.02 Å². The minimum absolute atomic E-state index is 0.135. The van der Waals surface area contributed by atoms with Crippen molar-refractivity contribution in [3.8, 4) is 0 Å². The van der Waals surface area contributed by atoms with Gasteiger partial charge in [0.05, 0.1) is 6.61 Å². The minimum Gasteiger partial charge on any atom is -0.383 e. The summed E-state index contributed by atoms with van der Waals surface area (Å²) in [5.74, 6) is 5.42. The van der Waals surface area contributed by atoms with Gasteiger partial charge >= 0.3 is 0 Å². The Hall–Kier alpha value is -0.610. The molecule has 1 aromatic rings. The summed E-state index contributed by atoms with van der Waals surface area (Å²) in [7, 11) is 1.66. The van der Waals surface area contributed by atoms with E-state index in [2.05, 4.69) is 11.5 Å². The molecule has 1 atom stereocenters. The van der Waals surface area contributed by atoms with Crippen LogP contribution in [0.1, 0.15) is 11.1 Å². The normalized spacial score (nSPS) is 12.8. The molecular weight excluding hydrogens is 212 g/mol. The molecule has 1 aromatic carbocycles. The number of rotatable bonds is 5. The lowest BCUT2D eigenvalue weighted by Gasteiger charge is -2.15. The van der Waals surface area contributed by atoms with Crippen LogP contribution in [-0.2, 0) is 11.2 Å². The summed E-state index contributed by atoms with van der Waals surface area (Å²) in [6, 6.07) is 6.13. The van der Waals surface area contributed by atoms with Gasteiger partial charge in [0.2, 0.25) is 0 Å². The van der Waals surface area contributed by atoms with Gasteiger partial charge in [-0.05, 0) is 30.5 Å². The van der Waals surface area contributed by atoms with E-state index in [1.54, 1.807) is 7.11 Å². The second kappa shape index (κ2) is 6.08. The van der Waals surface area contributed by atoms with Gasteiger partial charge in [-0.3, -0.25) is 11.3 Å². The van der Waals surface area contributed by atoms with Crippen molar-refractivity contribution in [2.75, 3.05) is 13.7 Å². The lowest BCUT2D eigenvalue weighted by molar-refractivity contribution is 0.166. The Balaban J connectivity index is 2.66. The molecule has 0 aliphatic rings. The number of hydrogen-bond donors (Lipinski definition) is 2. The van der Waals surface area contributed by atoms with Crippen LogP contribution in [0.15, 0.2) is 18.2 Å². The van der Waals surface area contributed by atoms with Gasteiger partial charge in [-0.1, -0.05) is 23.7 Å². The van der Waals surface area contributed by atoms with E-state index in [1.165, 1.54) is 5.56 Å². The number of aryl methyl sites for hydroxylation is 1. The lowest BCUT2D eigenvalue weighted by atomic mass is 10.0. The average molecular weight is 229 g/mol. The molecule has 4 heteroatoms. The summed E-state index contributed by atoms with van der Waals surface area (Å²) >= 11 is 5.95. The summed E-state index contributed by atoms with van der Waals surface area (Å²) in [4.78, 5) is 0. The molecule has 0 amide bonds. The van der Waals surface area contributed by atoms with Crippen molar-refractivity contribution < 1.29 is 4.74 Å². The van der Waals surface area contributed by atoms with Crippen LogP contribution >= 0.6 is 11.6 Å². The maximum absolute atomic E-state index is 5.95. The number of methoxy groups -OCH3 is 1. The van der Waals surface area contributed by atoms with E-state index in [0.29, 0.717) is 6.61 Å². The smallest absolute Gasteiger partial charge is 0.0632 e. The third-order valence-corrected chi connectivity index (χ3v) is 2.73. The van der Waals surface area contributed by atoms with Crippen LogP contribution < -0.4 is 11.3 Å². The number of nitrogens with two attached hydrogens (primary N) is 1. The first-order chi connectivity index (χ1) is 7.17. The van der Waals surface area contributed by atoms with Crippen LogP contribution in [0.4, 0.5) is 0 Å². The molecule has 3 nitrogen and oxygen atoms in total. The first kappa shape index (κ1) is 12.5. The summed E-state index contributed by atoms with van der Waals surface area (Å²) in [6.45, 7) is 2.59. The van der Waals surface area contributed by atoms with Gasteiger partial charge in [-0.2, -0.15) is 0 Å². The monoisotopic (exact) mass is 228 g/mol. The maximum atomic E-state index is 5.95. The Labute approximate surface area is 95.5 Å². The highest BCUT2D eigenvalue weighted by Gasteiger charge is 2.07. The van der Waals surface area contributed by atoms with Crippen LogP contribution in [-0.4, -0.2) is 19.8 Å². The molecule has 0 aliphatic carbocycles. The number of hydrazine groups is 1. The Morgan fingerprint density at radius 3 is 2.80 bits per heavy atom. The highest BCUT2D eigenvalue weighted by molar-refractivity contribution is 6.31. The van der Waals surface area contributed by atoms with Crippen LogP contribution in [0, 0.1) is 6.92 Å². The quantitative estimate of drug-likeness (QED) is 0.596. The fourth-order valence-corrected chi connectivity index (χ4v) is 1.60. The number of benzene rings is 1. The van der Waals surface area contributed by atoms with Crippen molar-refractivity contribution in [3.63, 3.8) is 0 Å². The van der Waals surface area contributed by atoms with E-state index >= 15 is 0 Å². The molecular formula is C11H17ClN2O. The molecule has 0 spiro atoms. The third kappa shape index (κ3) is 3.80. The number of ether oxygens (including phenoxy) is 1. The first-order valence-corrected chi connectivity index (χ1v) is 5.25. The van der Waals surface area contributed by atoms with E-state index in [4.69, 9.17) is 22.2 Å². The molecule has 0 fully saturated rings. The third-order valence-electron chi connectivity index (χ3n) is 2.31. The molecule has 0 radical (unpaired) electrons. The highest BCUT2D eigenvalue weighted by Crippen LogP contribution is 2.17. The lowest BCUT2D eigenvalue weighted by Crippen LogP contribution is -2.40. The van der Waals surface area contributed by atoms with E-state index in [-0.39, 0.29) is 6.04 Å². The van der Waals surface area contributed by atoms with Gasteiger partial charge in [-0.25, -0.2) is 0 Å². The van der Waals surface area contributed by atoms with Crippen molar-refractivity contribution in [3.05, 3.63) is 34.3 Å². The zero-order valence-electron chi connectivity index (χ0n) is 9.09. The average Bonchev–Trinajstić information content (AvgIpc) is 2.23. The van der Waals surface area contributed by atoms with Crippen molar-refractivity contribution in [1.29, 1.82) is 0 Å². The topological polar surface area (TPSA) is 47.3 Å². The summed E-state index contributed by atoms with van der Waals surface area (Å²) < 4.78 is 5.05. The van der Waals surface area contributed by atoms with Crippen LogP contribution in [0.25, 0.3) is 0 Å². The summed E-state index contributed by atoms with van der Waals surface area (Å²) in [6.07, 6.45) is 0.836. The van der Waals surface area contributed by atoms with E-state index in [9.17, 15) is 0 Å². The van der Waals surface area contributed by atoms with E-state index in [1.807, 2.05) is 19.1 Å². The standard InChI is InChI=1S/C11H17ClN2O/c1-8-5-9(3-4-11(8)12)6-10(14-13)7-15-2/h3-5,10,14H,6-7,13H2,1-2H3. The second-order valence-electron chi connectivity index (χ2n) is 3.61. The Morgan fingerprint density at radius 2 is 2.27 bits per heavy atom. The van der Waals surface area contributed by atoms with Gasteiger partial charge in [0.25, 0.3) is 0 Å². The summed E-state index contributed by atoms with van der Waals surface area (Å²) in [5, 5.41) is 0.794. The molecule has 0 saturated heterocycles. The van der Waals surface area contributed by atoms with Crippen molar-refractivity contribution in [1.82, 2.24) is 5.43 Å². The van der Waals surface area contributed by atoms with Gasteiger partial charge < -0.3 is 4.74 Å². The van der Waals surface area contributed by atoms with Crippen LogP contribution in [0.3, 0.4) is 0 Å². The number of hydrogen-bond acceptors (Lipinski definition) is 3. The maximum Gasteiger partial charge on any atom is 0.0632 e. The molecule has 84 valence electrons. The molecule has 1 unspecified atom stereocenters. The number of nitrogens with one attached hydrogen (secondary N) is 1. The van der Waals surface area contributed by atoms with Crippen molar-refractivity contribution >= 4 is 11.6 Å². The fraction of sp³-hybridized carbons (Fsp3) is 0.455. The van der Waals surface area contributed by atoms with Gasteiger partial charge in [-0.15, -0.1) is 0 Å². The van der Waals surface area contributed by atoms with Crippen molar-refractivity contribution in [2.24, 2.45) is 5.84 Å². The predicted molar refractivity (Wildman–Crippen MR) is 62.9 cm³/mol. The van der Waals surface area contributed by atoms with Gasteiger partial charge in [0, 0.05) is 18.2 Å². The van der Waals surface area contributed by atoms with Crippen molar-refractivity contribution in [2.45, 2.75) is 19.4 Å². The first-order valence-electron chi connectivity index (χ1n) is 4.87. The SMILES string of the molecule is COCC(Cc1ccc(Cl)c(C)c1)NN. The van der Waals surface area contributed by atoms with Crippen LogP contribution in [0.5, 0.6) is 0 Å². The second-order valence-corrected chi connectivity index (χ2v) is 4.01. The zero-order valence-corrected chi connectivity index (χ0v) is 9.84. The Bertz CT molecular complexity index is 317. The largest absolute Gasteiger partial charge is 0.383 e. The molecule has 0 bridgehead atoms. The molecule has 0 aliphatic heterocycles. The van der Waals surface area contributed by atoms with Gasteiger partial charge in [0.15, 0.2) is 0 Å².